The van der Waals surface area contributed by atoms with Gasteiger partial charge < -0.3 is 5.32 Å². The summed E-state index contributed by atoms with van der Waals surface area (Å²) in [6.45, 7) is 2.54. The average Bonchev–Trinajstić information content (AvgIpc) is 3.10. The average molecular weight is 340 g/mol. The number of nitrogens with one attached hydrogen (secondary N) is 1. The van der Waals surface area contributed by atoms with E-state index in [2.05, 4.69) is 15.4 Å². The van der Waals surface area contributed by atoms with Gasteiger partial charge in [0.2, 0.25) is 0 Å². The number of carbonyl (C=O) groups excluding carboxylic acids is 1. The predicted octanol–water partition coefficient (Wildman–Crippen LogP) is 2.32. The van der Waals surface area contributed by atoms with Crippen molar-refractivity contribution in [2.75, 3.05) is 0 Å². The fraction of sp³-hybridized carbons (Fsp3) is 0.176. The van der Waals surface area contributed by atoms with Gasteiger partial charge in [-0.2, -0.15) is 5.10 Å². The lowest BCUT2D eigenvalue weighted by Gasteiger charge is -2.05. The van der Waals surface area contributed by atoms with Crippen molar-refractivity contribution in [1.29, 1.82) is 0 Å². The minimum atomic E-state index is -0.327. The lowest BCUT2D eigenvalue weighted by molar-refractivity contribution is 0.0943. The van der Waals surface area contributed by atoms with E-state index in [1.54, 1.807) is 6.92 Å². The summed E-state index contributed by atoms with van der Waals surface area (Å²) in [5.41, 5.74) is 1.84. The molecule has 1 amide bonds. The molecule has 0 unspecified atom stereocenters. The summed E-state index contributed by atoms with van der Waals surface area (Å²) >= 11 is 1.53. The standard InChI is InChI=1S/C17H16N4O2S/c1-2-21-15(22)9-8-14(20-21)16(23)18-10-13-11-24-17(19-13)12-6-4-3-5-7-12/h3-9,11H,2,10H2,1H3,(H,18,23). The fourth-order valence-electron chi connectivity index (χ4n) is 2.16. The summed E-state index contributed by atoms with van der Waals surface area (Å²) in [6, 6.07) is 12.7. The zero-order valence-electron chi connectivity index (χ0n) is 13.1. The molecule has 2 heterocycles. The molecule has 0 saturated heterocycles. The lowest BCUT2D eigenvalue weighted by Crippen LogP contribution is -2.29. The monoisotopic (exact) mass is 340 g/mol. The van der Waals surface area contributed by atoms with Crippen LogP contribution in [-0.2, 0) is 13.1 Å². The molecule has 0 bridgehead atoms. The third-order valence-corrected chi connectivity index (χ3v) is 4.34. The highest BCUT2D eigenvalue weighted by atomic mass is 32.1. The molecule has 2 aromatic heterocycles. The van der Waals surface area contributed by atoms with Crippen molar-refractivity contribution in [3.8, 4) is 10.6 Å². The first-order valence-electron chi connectivity index (χ1n) is 7.53. The predicted molar refractivity (Wildman–Crippen MR) is 92.9 cm³/mol. The van der Waals surface area contributed by atoms with Gasteiger partial charge in [-0.25, -0.2) is 9.67 Å². The molecule has 0 radical (unpaired) electrons. The van der Waals surface area contributed by atoms with Crippen LogP contribution in [-0.4, -0.2) is 20.7 Å². The molecule has 6 nitrogen and oxygen atoms in total. The Hall–Kier alpha value is -2.80. The normalized spacial score (nSPS) is 10.5. The van der Waals surface area contributed by atoms with E-state index in [0.29, 0.717) is 13.1 Å². The highest BCUT2D eigenvalue weighted by molar-refractivity contribution is 7.13. The Morgan fingerprint density at radius 2 is 2.00 bits per heavy atom. The van der Waals surface area contributed by atoms with Gasteiger partial charge in [0, 0.05) is 23.6 Å². The van der Waals surface area contributed by atoms with E-state index in [1.165, 1.54) is 28.2 Å². The first-order chi connectivity index (χ1) is 11.7. The number of thiazole rings is 1. The van der Waals surface area contributed by atoms with E-state index in [4.69, 9.17) is 0 Å². The highest BCUT2D eigenvalue weighted by Gasteiger charge is 2.10. The van der Waals surface area contributed by atoms with E-state index in [-0.39, 0.29) is 17.2 Å². The van der Waals surface area contributed by atoms with Crippen molar-refractivity contribution in [2.24, 2.45) is 0 Å². The molecule has 0 fully saturated rings. The molecule has 122 valence electrons. The molecule has 0 spiro atoms. The molecule has 1 aromatic carbocycles. The molecule has 7 heteroatoms. The number of amides is 1. The van der Waals surface area contributed by atoms with Gasteiger partial charge in [0.15, 0.2) is 0 Å². The van der Waals surface area contributed by atoms with Gasteiger partial charge in [-0.1, -0.05) is 30.3 Å². The molecule has 0 aliphatic heterocycles. The van der Waals surface area contributed by atoms with Crippen LogP contribution in [0.2, 0.25) is 0 Å². The zero-order chi connectivity index (χ0) is 16.9. The zero-order valence-corrected chi connectivity index (χ0v) is 13.9. The van der Waals surface area contributed by atoms with Crippen LogP contribution in [0.3, 0.4) is 0 Å². The van der Waals surface area contributed by atoms with Crippen LogP contribution < -0.4 is 10.9 Å². The lowest BCUT2D eigenvalue weighted by atomic mass is 10.2. The van der Waals surface area contributed by atoms with Crippen molar-refractivity contribution in [2.45, 2.75) is 20.0 Å². The Bertz CT molecular complexity index is 902. The van der Waals surface area contributed by atoms with Crippen LogP contribution in [0.4, 0.5) is 0 Å². The summed E-state index contributed by atoms with van der Waals surface area (Å²) in [5.74, 6) is -0.327. The second-order valence-electron chi connectivity index (χ2n) is 5.07. The SMILES string of the molecule is CCn1nc(C(=O)NCc2csc(-c3ccccc3)n2)ccc1=O. The molecule has 3 rings (SSSR count). The van der Waals surface area contributed by atoms with Crippen molar-refractivity contribution in [3.63, 3.8) is 0 Å². The molecule has 3 aromatic rings. The van der Waals surface area contributed by atoms with Gasteiger partial charge in [0.1, 0.15) is 10.7 Å². The maximum atomic E-state index is 12.2. The maximum absolute atomic E-state index is 12.2. The number of aryl methyl sites for hydroxylation is 1. The first-order valence-corrected chi connectivity index (χ1v) is 8.41. The second kappa shape index (κ2) is 7.18. The minimum absolute atomic E-state index is 0.218. The number of aromatic nitrogens is 3. The summed E-state index contributed by atoms with van der Waals surface area (Å²) < 4.78 is 1.26. The van der Waals surface area contributed by atoms with Gasteiger partial charge in [-0.15, -0.1) is 11.3 Å². The van der Waals surface area contributed by atoms with Crippen LogP contribution in [0.1, 0.15) is 23.1 Å². The topological polar surface area (TPSA) is 76.9 Å². The Balaban J connectivity index is 1.67. The van der Waals surface area contributed by atoms with Crippen LogP contribution in [0, 0.1) is 0 Å². The van der Waals surface area contributed by atoms with E-state index >= 15 is 0 Å². The first kappa shape index (κ1) is 16.1. The maximum Gasteiger partial charge on any atom is 0.272 e. The summed E-state index contributed by atoms with van der Waals surface area (Å²) in [5, 5.41) is 9.64. The van der Waals surface area contributed by atoms with Crippen LogP contribution in [0.5, 0.6) is 0 Å². The van der Waals surface area contributed by atoms with E-state index in [1.807, 2.05) is 35.7 Å². The van der Waals surface area contributed by atoms with Crippen LogP contribution in [0.15, 0.2) is 52.6 Å². The number of hydrogen-bond donors (Lipinski definition) is 1. The molecule has 0 aliphatic rings. The molecule has 24 heavy (non-hydrogen) atoms. The van der Waals surface area contributed by atoms with Gasteiger partial charge in [-0.3, -0.25) is 9.59 Å². The van der Waals surface area contributed by atoms with Crippen LogP contribution in [0.25, 0.3) is 10.6 Å². The Kier molecular flexibility index (Phi) is 4.81. The number of hydrogen-bond acceptors (Lipinski definition) is 5. The smallest absolute Gasteiger partial charge is 0.272 e. The van der Waals surface area contributed by atoms with Crippen molar-refractivity contribution < 1.29 is 4.79 Å². The minimum Gasteiger partial charge on any atom is -0.345 e. The van der Waals surface area contributed by atoms with Gasteiger partial charge in [-0.05, 0) is 13.0 Å². The summed E-state index contributed by atoms with van der Waals surface area (Å²) in [6.07, 6.45) is 0. The molecular formula is C17H16N4O2S. The van der Waals surface area contributed by atoms with Crippen molar-refractivity contribution >= 4 is 17.2 Å². The number of nitrogens with zero attached hydrogens (tertiary/aromatic N) is 3. The molecule has 0 atom stereocenters. The summed E-state index contributed by atoms with van der Waals surface area (Å²) in [7, 11) is 0. The number of benzene rings is 1. The van der Waals surface area contributed by atoms with Gasteiger partial charge in [0.25, 0.3) is 11.5 Å². The van der Waals surface area contributed by atoms with E-state index < -0.39 is 0 Å². The highest BCUT2D eigenvalue weighted by Crippen LogP contribution is 2.23. The molecule has 0 saturated carbocycles. The van der Waals surface area contributed by atoms with E-state index in [9.17, 15) is 9.59 Å². The third kappa shape index (κ3) is 3.57. The molecule has 1 N–H and O–H groups in total. The molecular weight excluding hydrogens is 324 g/mol. The fourth-order valence-corrected chi connectivity index (χ4v) is 2.99. The largest absolute Gasteiger partial charge is 0.345 e. The quantitative estimate of drug-likeness (QED) is 0.773. The van der Waals surface area contributed by atoms with Crippen LogP contribution >= 0.6 is 11.3 Å². The third-order valence-electron chi connectivity index (χ3n) is 3.40. The summed E-state index contributed by atoms with van der Waals surface area (Å²) in [4.78, 5) is 28.2. The Morgan fingerprint density at radius 3 is 2.75 bits per heavy atom. The number of rotatable bonds is 5. The second-order valence-corrected chi connectivity index (χ2v) is 5.92. The van der Waals surface area contributed by atoms with Crippen molar-refractivity contribution in [3.05, 3.63) is 69.6 Å². The van der Waals surface area contributed by atoms with E-state index in [0.717, 1.165) is 16.3 Å². The van der Waals surface area contributed by atoms with Gasteiger partial charge in [0.05, 0.1) is 12.2 Å². The van der Waals surface area contributed by atoms with Gasteiger partial charge >= 0.3 is 0 Å². The molecule has 0 aliphatic carbocycles. The van der Waals surface area contributed by atoms with Crippen molar-refractivity contribution in [1.82, 2.24) is 20.1 Å². The Morgan fingerprint density at radius 1 is 1.21 bits per heavy atom. The number of carbonyl (C=O) groups is 1. The Labute approximate surface area is 142 Å².